The molecule has 120 valence electrons. The predicted octanol–water partition coefficient (Wildman–Crippen LogP) is 1.09. The van der Waals surface area contributed by atoms with E-state index in [1.165, 1.54) is 0 Å². The Morgan fingerprint density at radius 2 is 2.09 bits per heavy atom. The molecule has 0 unspecified atom stereocenters. The SMILES string of the molecule is C[C@@H]1CCO[C@@H]1C(=O)NS(=O)(=O)Cc1ccc2c(c1)COC2. The van der Waals surface area contributed by atoms with E-state index in [1.54, 1.807) is 6.07 Å². The topological polar surface area (TPSA) is 81.7 Å². The fourth-order valence-electron chi connectivity index (χ4n) is 2.81. The second kappa shape index (κ2) is 5.98. The van der Waals surface area contributed by atoms with Gasteiger partial charge in [-0.25, -0.2) is 8.42 Å². The van der Waals surface area contributed by atoms with Crippen LogP contribution in [0.2, 0.25) is 0 Å². The minimum Gasteiger partial charge on any atom is -0.372 e. The van der Waals surface area contributed by atoms with Gasteiger partial charge in [0, 0.05) is 6.61 Å². The monoisotopic (exact) mass is 325 g/mol. The van der Waals surface area contributed by atoms with Gasteiger partial charge in [-0.05, 0) is 29.0 Å². The smallest absolute Gasteiger partial charge is 0.262 e. The van der Waals surface area contributed by atoms with Crippen molar-refractivity contribution in [3.8, 4) is 0 Å². The van der Waals surface area contributed by atoms with Crippen LogP contribution in [-0.2, 0) is 43.3 Å². The highest BCUT2D eigenvalue weighted by molar-refractivity contribution is 7.89. The maximum Gasteiger partial charge on any atom is 0.262 e. The molecule has 2 atom stereocenters. The van der Waals surface area contributed by atoms with E-state index in [0.717, 1.165) is 17.5 Å². The van der Waals surface area contributed by atoms with Crippen LogP contribution in [0, 0.1) is 5.92 Å². The third kappa shape index (κ3) is 3.31. The van der Waals surface area contributed by atoms with Crippen molar-refractivity contribution in [3.63, 3.8) is 0 Å². The maximum absolute atomic E-state index is 12.2. The van der Waals surface area contributed by atoms with Crippen molar-refractivity contribution in [2.75, 3.05) is 6.61 Å². The fourth-order valence-corrected chi connectivity index (χ4v) is 3.93. The van der Waals surface area contributed by atoms with E-state index in [2.05, 4.69) is 4.72 Å². The van der Waals surface area contributed by atoms with Crippen LogP contribution >= 0.6 is 0 Å². The molecule has 6 nitrogen and oxygen atoms in total. The minimum absolute atomic E-state index is 0.0346. The normalized spacial score (nSPS) is 24.2. The number of carbonyl (C=O) groups is 1. The molecular formula is C15H19NO5S. The molecule has 2 aliphatic heterocycles. The summed E-state index contributed by atoms with van der Waals surface area (Å²) < 4.78 is 37.0. The predicted molar refractivity (Wildman–Crippen MR) is 79.2 cm³/mol. The molecule has 7 heteroatoms. The molecule has 0 aliphatic carbocycles. The number of amides is 1. The Kier molecular flexibility index (Phi) is 4.20. The van der Waals surface area contributed by atoms with E-state index in [4.69, 9.17) is 9.47 Å². The van der Waals surface area contributed by atoms with Crippen LogP contribution in [0.5, 0.6) is 0 Å². The molecular weight excluding hydrogens is 306 g/mol. The number of nitrogens with one attached hydrogen (secondary N) is 1. The number of rotatable bonds is 4. The van der Waals surface area contributed by atoms with Gasteiger partial charge in [0.1, 0.15) is 6.10 Å². The summed E-state index contributed by atoms with van der Waals surface area (Å²) in [6.07, 6.45) is 0.0892. The van der Waals surface area contributed by atoms with Crippen molar-refractivity contribution in [3.05, 3.63) is 34.9 Å². The van der Waals surface area contributed by atoms with Gasteiger partial charge in [-0.3, -0.25) is 9.52 Å². The molecule has 1 saturated heterocycles. The molecule has 22 heavy (non-hydrogen) atoms. The lowest BCUT2D eigenvalue weighted by Gasteiger charge is -2.14. The highest BCUT2D eigenvalue weighted by Gasteiger charge is 2.33. The largest absolute Gasteiger partial charge is 0.372 e. The standard InChI is InChI=1S/C15H19NO5S/c1-10-4-5-21-14(10)15(17)16-22(18,19)9-11-2-3-12-7-20-8-13(12)6-11/h2-3,6,10,14H,4-5,7-9H2,1H3,(H,16,17)/t10-,14+/m1/s1. The van der Waals surface area contributed by atoms with Gasteiger partial charge in [-0.1, -0.05) is 25.1 Å². The molecule has 0 saturated carbocycles. The first-order valence-corrected chi connectivity index (χ1v) is 8.94. The van der Waals surface area contributed by atoms with Crippen molar-refractivity contribution >= 4 is 15.9 Å². The number of carbonyl (C=O) groups excluding carboxylic acids is 1. The second-order valence-electron chi connectivity index (χ2n) is 5.88. The Bertz CT molecular complexity index is 685. The van der Waals surface area contributed by atoms with Gasteiger partial charge in [0.05, 0.1) is 19.0 Å². The molecule has 1 aromatic carbocycles. The molecule has 0 bridgehead atoms. The van der Waals surface area contributed by atoms with Gasteiger partial charge < -0.3 is 9.47 Å². The quantitative estimate of drug-likeness (QED) is 0.896. The van der Waals surface area contributed by atoms with Gasteiger partial charge in [-0.15, -0.1) is 0 Å². The zero-order chi connectivity index (χ0) is 15.7. The number of sulfonamides is 1. The molecule has 0 aromatic heterocycles. The van der Waals surface area contributed by atoms with Crippen molar-refractivity contribution in [2.24, 2.45) is 5.92 Å². The van der Waals surface area contributed by atoms with Crippen molar-refractivity contribution in [1.29, 1.82) is 0 Å². The summed E-state index contributed by atoms with van der Waals surface area (Å²) >= 11 is 0. The zero-order valence-electron chi connectivity index (χ0n) is 12.4. The van der Waals surface area contributed by atoms with Crippen molar-refractivity contribution in [2.45, 2.75) is 38.4 Å². The lowest BCUT2D eigenvalue weighted by Crippen LogP contribution is -2.41. The number of hydrogen-bond acceptors (Lipinski definition) is 5. The molecule has 0 radical (unpaired) electrons. The van der Waals surface area contributed by atoms with E-state index in [1.807, 2.05) is 19.1 Å². The molecule has 1 aromatic rings. The first-order chi connectivity index (χ1) is 10.4. The van der Waals surface area contributed by atoms with E-state index in [9.17, 15) is 13.2 Å². The van der Waals surface area contributed by atoms with Crippen LogP contribution in [0.4, 0.5) is 0 Å². The van der Waals surface area contributed by atoms with E-state index < -0.39 is 22.0 Å². The third-order valence-corrected chi connectivity index (χ3v) is 5.27. The summed E-state index contributed by atoms with van der Waals surface area (Å²) in [7, 11) is -3.73. The van der Waals surface area contributed by atoms with Crippen molar-refractivity contribution in [1.82, 2.24) is 4.72 Å². The lowest BCUT2D eigenvalue weighted by atomic mass is 10.0. The second-order valence-corrected chi connectivity index (χ2v) is 7.60. The van der Waals surface area contributed by atoms with Crippen LogP contribution in [-0.4, -0.2) is 27.0 Å². The van der Waals surface area contributed by atoms with E-state index in [0.29, 0.717) is 25.4 Å². The van der Waals surface area contributed by atoms with Crippen LogP contribution in [0.3, 0.4) is 0 Å². The molecule has 1 amide bonds. The first-order valence-electron chi connectivity index (χ1n) is 7.29. The van der Waals surface area contributed by atoms with Gasteiger partial charge in [0.15, 0.2) is 0 Å². The summed E-state index contributed by atoms with van der Waals surface area (Å²) in [4.78, 5) is 12.0. The Morgan fingerprint density at radius 3 is 2.82 bits per heavy atom. The van der Waals surface area contributed by atoms with Gasteiger partial charge >= 0.3 is 0 Å². The number of ether oxygens (including phenoxy) is 2. The summed E-state index contributed by atoms with van der Waals surface area (Å²) in [5.74, 6) is -0.769. The number of fused-ring (bicyclic) bond motifs is 1. The molecule has 2 aliphatic rings. The zero-order valence-corrected chi connectivity index (χ0v) is 13.2. The highest BCUT2D eigenvalue weighted by Crippen LogP contribution is 2.22. The summed E-state index contributed by atoms with van der Waals surface area (Å²) in [5, 5.41) is 0. The molecule has 1 fully saturated rings. The Balaban J connectivity index is 1.67. The number of benzene rings is 1. The summed E-state index contributed by atoms with van der Waals surface area (Å²) in [5.41, 5.74) is 2.73. The van der Waals surface area contributed by atoms with Gasteiger partial charge in [0.2, 0.25) is 10.0 Å². The average molecular weight is 325 g/mol. The minimum atomic E-state index is -3.73. The Morgan fingerprint density at radius 1 is 1.32 bits per heavy atom. The Hall–Kier alpha value is -1.44. The van der Waals surface area contributed by atoms with Crippen LogP contribution in [0.25, 0.3) is 0 Å². The molecule has 0 spiro atoms. The summed E-state index contributed by atoms with van der Waals surface area (Å²) in [6, 6.07) is 5.45. The highest BCUT2D eigenvalue weighted by atomic mass is 32.2. The van der Waals surface area contributed by atoms with Crippen LogP contribution < -0.4 is 4.72 Å². The van der Waals surface area contributed by atoms with E-state index in [-0.39, 0.29) is 11.7 Å². The van der Waals surface area contributed by atoms with Gasteiger partial charge in [0.25, 0.3) is 5.91 Å². The molecule has 1 N–H and O–H groups in total. The fraction of sp³-hybridized carbons (Fsp3) is 0.533. The molecule has 3 rings (SSSR count). The Labute approximate surface area is 129 Å². The van der Waals surface area contributed by atoms with Gasteiger partial charge in [-0.2, -0.15) is 0 Å². The number of hydrogen-bond donors (Lipinski definition) is 1. The summed E-state index contributed by atoms with van der Waals surface area (Å²) in [6.45, 7) is 3.44. The van der Waals surface area contributed by atoms with E-state index >= 15 is 0 Å². The lowest BCUT2D eigenvalue weighted by molar-refractivity contribution is -0.129. The first kappa shape index (κ1) is 15.5. The van der Waals surface area contributed by atoms with Crippen molar-refractivity contribution < 1.29 is 22.7 Å². The van der Waals surface area contributed by atoms with Crippen LogP contribution in [0.15, 0.2) is 18.2 Å². The maximum atomic E-state index is 12.2. The van der Waals surface area contributed by atoms with Crippen LogP contribution in [0.1, 0.15) is 30.0 Å². The third-order valence-electron chi connectivity index (χ3n) is 4.04. The average Bonchev–Trinajstić information content (AvgIpc) is 3.05. The molecule has 2 heterocycles.